The lowest BCUT2D eigenvalue weighted by Gasteiger charge is -2.14. The average molecular weight is 487 g/mol. The molecule has 2 N–H and O–H groups in total. The molecule has 1 aromatic carbocycles. The van der Waals surface area contributed by atoms with Crippen molar-refractivity contribution in [2.75, 3.05) is 12.4 Å². The molecule has 6 rings (SSSR count). The van der Waals surface area contributed by atoms with Gasteiger partial charge in [-0.05, 0) is 47.2 Å². The summed E-state index contributed by atoms with van der Waals surface area (Å²) in [4.78, 5) is 30.4. The Bertz CT molecular complexity index is 1570. The Kier molecular flexibility index (Phi) is 5.10. The normalized spacial score (nSPS) is 14.7. The number of nitrogens with zero attached hydrogens (tertiary/aromatic N) is 8. The van der Waals surface area contributed by atoms with Gasteiger partial charge in [0.25, 0.3) is 5.56 Å². The molecular weight excluding hydrogens is 468 g/mol. The minimum Gasteiger partial charge on any atom is -0.373 e. The number of rotatable bonds is 5. The highest BCUT2D eigenvalue weighted by Gasteiger charge is 2.29. The molecule has 4 aromatic heterocycles. The maximum absolute atomic E-state index is 13.3. The summed E-state index contributed by atoms with van der Waals surface area (Å²) < 4.78 is 3.22. The van der Waals surface area contributed by atoms with E-state index in [1.807, 2.05) is 19.2 Å². The smallest absolute Gasteiger partial charge is 0.254 e. The van der Waals surface area contributed by atoms with Crippen molar-refractivity contribution in [2.45, 2.75) is 18.9 Å². The van der Waals surface area contributed by atoms with Gasteiger partial charge in [0.15, 0.2) is 0 Å². The minimum absolute atomic E-state index is 0.159. The topological polar surface area (TPSA) is 132 Å². The van der Waals surface area contributed by atoms with Crippen molar-refractivity contribution in [2.24, 2.45) is 0 Å². The molecule has 1 atom stereocenters. The van der Waals surface area contributed by atoms with Gasteiger partial charge in [0.1, 0.15) is 23.8 Å². The quantitative estimate of drug-likeness (QED) is 0.387. The summed E-state index contributed by atoms with van der Waals surface area (Å²) in [5.41, 5.74) is 3.47. The zero-order chi connectivity index (χ0) is 23.9. The number of hydrogen-bond acceptors (Lipinski definition) is 8. The van der Waals surface area contributed by atoms with Crippen LogP contribution in [0.1, 0.15) is 24.1 Å². The predicted octanol–water partition coefficient (Wildman–Crippen LogP) is 2.90. The first kappa shape index (κ1) is 21.2. The molecule has 0 fully saturated rings. The maximum Gasteiger partial charge on any atom is 0.254 e. The van der Waals surface area contributed by atoms with Gasteiger partial charge >= 0.3 is 0 Å². The first-order valence-electron chi connectivity index (χ1n) is 11.0. The van der Waals surface area contributed by atoms with Crippen LogP contribution in [0.5, 0.6) is 0 Å². The summed E-state index contributed by atoms with van der Waals surface area (Å²) in [6, 6.07) is 10.5. The Morgan fingerprint density at radius 1 is 1.14 bits per heavy atom. The zero-order valence-electron chi connectivity index (χ0n) is 18.6. The fraction of sp³-hybridized carbons (Fsp3) is 0.174. The largest absolute Gasteiger partial charge is 0.373 e. The number of imidazole rings is 1. The third-order valence-electron chi connectivity index (χ3n) is 6.05. The minimum atomic E-state index is -0.226. The predicted molar refractivity (Wildman–Crippen MR) is 129 cm³/mol. The van der Waals surface area contributed by atoms with Crippen molar-refractivity contribution in [3.8, 4) is 28.2 Å². The molecule has 35 heavy (non-hydrogen) atoms. The van der Waals surface area contributed by atoms with Crippen molar-refractivity contribution < 1.29 is 0 Å². The van der Waals surface area contributed by atoms with Crippen LogP contribution in [0.25, 0.3) is 28.2 Å². The van der Waals surface area contributed by atoms with Crippen LogP contribution in [-0.4, -0.2) is 51.8 Å². The van der Waals surface area contributed by atoms with Crippen LogP contribution >= 0.6 is 11.6 Å². The monoisotopic (exact) mass is 486 g/mol. The van der Waals surface area contributed by atoms with Gasteiger partial charge in [-0.3, -0.25) is 9.36 Å². The Morgan fingerprint density at radius 2 is 2.06 bits per heavy atom. The number of aromatic amines is 1. The van der Waals surface area contributed by atoms with Crippen molar-refractivity contribution in [1.29, 1.82) is 0 Å². The van der Waals surface area contributed by atoms with E-state index < -0.39 is 0 Å². The van der Waals surface area contributed by atoms with E-state index in [1.54, 1.807) is 35.2 Å². The molecule has 12 heteroatoms. The number of anilines is 1. The van der Waals surface area contributed by atoms with Gasteiger partial charge in [0.05, 0.1) is 29.3 Å². The third-order valence-corrected chi connectivity index (χ3v) is 6.29. The standard InChI is InChI=1S/C23H19ClN10O/c1-25-20-6-2-13(10-26-20)17-11-27-23(30-17)19-5-7-21-29-16(9-22(35)34(19)21)15-8-14(24)3-4-18(15)33-12-28-31-32-33/h2-4,6,8-12,19H,5,7H2,1H3,(H,25,26)(H,27,30)/t19-/m0/s1. The number of aromatic nitrogens is 9. The molecule has 1 aliphatic rings. The first-order valence-corrected chi connectivity index (χ1v) is 11.3. The van der Waals surface area contributed by atoms with Gasteiger partial charge in [0.2, 0.25) is 0 Å². The van der Waals surface area contributed by atoms with E-state index in [0.29, 0.717) is 46.5 Å². The number of tetrazole rings is 1. The van der Waals surface area contributed by atoms with Crippen LogP contribution in [0.4, 0.5) is 5.82 Å². The van der Waals surface area contributed by atoms with Gasteiger partial charge < -0.3 is 10.3 Å². The third kappa shape index (κ3) is 3.75. The Labute approximate surface area is 203 Å². The molecule has 0 saturated carbocycles. The molecule has 0 unspecified atom stereocenters. The number of nitrogens with one attached hydrogen (secondary N) is 2. The number of fused-ring (bicyclic) bond motifs is 1. The highest BCUT2D eigenvalue weighted by atomic mass is 35.5. The van der Waals surface area contributed by atoms with Crippen molar-refractivity contribution in [3.63, 3.8) is 0 Å². The fourth-order valence-corrected chi connectivity index (χ4v) is 4.55. The maximum atomic E-state index is 13.3. The van der Waals surface area contributed by atoms with Crippen molar-refractivity contribution in [1.82, 2.24) is 44.7 Å². The van der Waals surface area contributed by atoms with Gasteiger partial charge in [-0.25, -0.2) is 15.0 Å². The molecule has 0 radical (unpaired) electrons. The number of benzene rings is 1. The van der Waals surface area contributed by atoms with E-state index in [4.69, 9.17) is 16.6 Å². The molecule has 0 aliphatic carbocycles. The van der Waals surface area contributed by atoms with Crippen LogP contribution in [-0.2, 0) is 6.42 Å². The Balaban J connectivity index is 1.37. The van der Waals surface area contributed by atoms with Crippen LogP contribution in [0.15, 0.2) is 59.9 Å². The SMILES string of the molecule is CNc1ccc(-c2cnc([C@@H]3CCc4nc(-c5cc(Cl)ccc5-n5cnnn5)cc(=O)n43)[nH]2)cn1. The second-order valence-corrected chi connectivity index (χ2v) is 8.54. The van der Waals surface area contributed by atoms with E-state index in [0.717, 1.165) is 17.1 Å². The number of halogens is 1. The Hall–Kier alpha value is -4.38. The molecule has 11 nitrogen and oxygen atoms in total. The number of aryl methyl sites for hydroxylation is 1. The molecule has 5 heterocycles. The fourth-order valence-electron chi connectivity index (χ4n) is 4.38. The summed E-state index contributed by atoms with van der Waals surface area (Å²) in [5, 5.41) is 14.9. The summed E-state index contributed by atoms with van der Waals surface area (Å²) in [7, 11) is 1.82. The molecule has 5 aromatic rings. The lowest BCUT2D eigenvalue weighted by atomic mass is 10.1. The van der Waals surface area contributed by atoms with Crippen molar-refractivity contribution >= 4 is 17.4 Å². The van der Waals surface area contributed by atoms with E-state index in [2.05, 4.69) is 35.8 Å². The van der Waals surface area contributed by atoms with Gasteiger partial charge in [0, 0.05) is 41.9 Å². The van der Waals surface area contributed by atoms with E-state index in [9.17, 15) is 4.79 Å². The highest BCUT2D eigenvalue weighted by Crippen LogP contribution is 2.32. The van der Waals surface area contributed by atoms with Crippen LogP contribution in [0.3, 0.4) is 0 Å². The molecule has 174 valence electrons. The number of pyridine rings is 1. The lowest BCUT2D eigenvalue weighted by molar-refractivity contribution is 0.568. The van der Waals surface area contributed by atoms with Crippen LogP contribution < -0.4 is 10.9 Å². The highest BCUT2D eigenvalue weighted by molar-refractivity contribution is 6.31. The number of H-pyrrole nitrogens is 1. The number of hydrogen-bond donors (Lipinski definition) is 2. The van der Waals surface area contributed by atoms with E-state index >= 15 is 0 Å². The molecular formula is C23H19ClN10O. The van der Waals surface area contributed by atoms with Crippen molar-refractivity contribution in [3.05, 3.63) is 82.1 Å². The lowest BCUT2D eigenvalue weighted by Crippen LogP contribution is -2.25. The van der Waals surface area contributed by atoms with E-state index in [1.165, 1.54) is 17.1 Å². The molecule has 1 aliphatic heterocycles. The van der Waals surface area contributed by atoms with Gasteiger partial charge in [-0.1, -0.05) is 11.6 Å². The van der Waals surface area contributed by atoms with E-state index in [-0.39, 0.29) is 11.6 Å². The summed E-state index contributed by atoms with van der Waals surface area (Å²) >= 11 is 6.27. The van der Waals surface area contributed by atoms with Crippen LogP contribution in [0, 0.1) is 0 Å². The van der Waals surface area contributed by atoms with Gasteiger partial charge in [-0.2, -0.15) is 4.68 Å². The average Bonchev–Trinajstić information content (AvgIpc) is 3.65. The van der Waals surface area contributed by atoms with Crippen LogP contribution in [0.2, 0.25) is 5.02 Å². The summed E-state index contributed by atoms with van der Waals surface area (Å²) in [6.07, 6.45) is 6.38. The second-order valence-electron chi connectivity index (χ2n) is 8.10. The summed E-state index contributed by atoms with van der Waals surface area (Å²) in [5.74, 6) is 2.19. The molecule has 0 saturated heterocycles. The summed E-state index contributed by atoms with van der Waals surface area (Å²) in [6.45, 7) is 0. The second kappa shape index (κ2) is 8.44. The first-order chi connectivity index (χ1) is 17.1. The molecule has 0 bridgehead atoms. The van der Waals surface area contributed by atoms with Gasteiger partial charge in [-0.15, -0.1) is 5.10 Å². The Morgan fingerprint density at radius 3 is 2.83 bits per heavy atom. The molecule has 0 spiro atoms. The molecule has 0 amide bonds. The zero-order valence-corrected chi connectivity index (χ0v) is 19.3.